The minimum Gasteiger partial charge on any atom is -0.346 e. The van der Waals surface area contributed by atoms with Crippen LogP contribution in [0.5, 0.6) is 0 Å². The van der Waals surface area contributed by atoms with Crippen molar-refractivity contribution in [1.29, 1.82) is 0 Å². The summed E-state index contributed by atoms with van der Waals surface area (Å²) < 4.78 is 0. The smallest absolute Gasteiger partial charge is 0.243 e. The highest BCUT2D eigenvalue weighted by atomic mass is 16.2. The molecule has 0 atom stereocenters. The normalized spacial score (nSPS) is 10.5. The number of benzene rings is 3. The van der Waals surface area contributed by atoms with Gasteiger partial charge in [0.05, 0.1) is 12.5 Å². The van der Waals surface area contributed by atoms with E-state index in [-0.39, 0.29) is 18.4 Å². The average Bonchev–Trinajstić information content (AvgIpc) is 2.71. The summed E-state index contributed by atoms with van der Waals surface area (Å²) >= 11 is 0. The van der Waals surface area contributed by atoms with E-state index in [1.165, 1.54) is 0 Å². The Hall–Kier alpha value is -3.40. The molecule has 0 aliphatic rings. The first-order chi connectivity index (χ1) is 13.6. The van der Waals surface area contributed by atoms with Crippen LogP contribution in [0.3, 0.4) is 0 Å². The molecule has 2 amide bonds. The topological polar surface area (TPSA) is 58.2 Å². The minimum atomic E-state index is -0.463. The van der Waals surface area contributed by atoms with E-state index >= 15 is 0 Å². The van der Waals surface area contributed by atoms with Crippen LogP contribution in [0.15, 0.2) is 78.9 Å². The molecule has 3 aromatic carbocycles. The molecule has 0 saturated carbocycles. The van der Waals surface area contributed by atoms with Crippen molar-refractivity contribution in [2.24, 2.45) is 0 Å². The highest BCUT2D eigenvalue weighted by Gasteiger charge is 2.23. The van der Waals surface area contributed by atoms with Crippen LogP contribution in [0.2, 0.25) is 0 Å². The van der Waals surface area contributed by atoms with E-state index in [0.717, 1.165) is 27.9 Å². The van der Waals surface area contributed by atoms with Gasteiger partial charge in [0.2, 0.25) is 11.8 Å². The maximum absolute atomic E-state index is 12.9. The molecular formula is C24H24N2O2. The number of carbonyl (C=O) groups excluding carboxylic acids is 2. The molecule has 3 aromatic rings. The fourth-order valence-electron chi connectivity index (χ4n) is 3.25. The predicted molar refractivity (Wildman–Crippen MR) is 112 cm³/mol. The van der Waals surface area contributed by atoms with Crippen molar-refractivity contribution in [2.45, 2.75) is 19.8 Å². The molecule has 0 spiro atoms. The largest absolute Gasteiger partial charge is 0.346 e. The Balaban J connectivity index is 1.71. The molecule has 4 heteroatoms. The van der Waals surface area contributed by atoms with Gasteiger partial charge in [0.15, 0.2) is 0 Å². The lowest BCUT2D eigenvalue weighted by molar-refractivity contribution is -0.124. The van der Waals surface area contributed by atoms with Crippen LogP contribution in [0, 0.1) is 13.8 Å². The lowest BCUT2D eigenvalue weighted by Gasteiger charge is -2.18. The number of hydrogen-bond acceptors (Lipinski definition) is 2. The molecule has 0 aliphatic heterocycles. The molecule has 142 valence electrons. The van der Waals surface area contributed by atoms with Crippen LogP contribution in [-0.2, 0) is 9.59 Å². The van der Waals surface area contributed by atoms with Crippen molar-refractivity contribution in [1.82, 2.24) is 5.32 Å². The van der Waals surface area contributed by atoms with Gasteiger partial charge in [-0.1, -0.05) is 78.9 Å². The Bertz CT molecular complexity index is 893. The predicted octanol–water partition coefficient (Wildman–Crippen LogP) is 4.19. The Morgan fingerprint density at radius 1 is 0.750 bits per heavy atom. The number of nitrogens with one attached hydrogen (secondary N) is 2. The van der Waals surface area contributed by atoms with Gasteiger partial charge in [-0.25, -0.2) is 0 Å². The number of amides is 2. The van der Waals surface area contributed by atoms with Crippen molar-refractivity contribution in [3.05, 3.63) is 101 Å². The zero-order valence-corrected chi connectivity index (χ0v) is 16.1. The number of anilines is 1. The molecule has 3 rings (SSSR count). The van der Waals surface area contributed by atoms with Gasteiger partial charge in [-0.15, -0.1) is 0 Å². The molecule has 0 aliphatic carbocycles. The summed E-state index contributed by atoms with van der Waals surface area (Å²) in [6.45, 7) is 3.81. The van der Waals surface area contributed by atoms with E-state index in [0.29, 0.717) is 0 Å². The molecule has 0 radical (unpaired) electrons. The van der Waals surface area contributed by atoms with Crippen molar-refractivity contribution < 1.29 is 9.59 Å². The first kappa shape index (κ1) is 19.4. The van der Waals surface area contributed by atoms with E-state index in [2.05, 4.69) is 10.6 Å². The van der Waals surface area contributed by atoms with Crippen LogP contribution >= 0.6 is 0 Å². The van der Waals surface area contributed by atoms with Crippen LogP contribution in [0.4, 0.5) is 5.69 Å². The number of aryl methyl sites for hydroxylation is 2. The summed E-state index contributed by atoms with van der Waals surface area (Å²) in [7, 11) is 0. The lowest BCUT2D eigenvalue weighted by atomic mass is 9.90. The fraction of sp³-hybridized carbons (Fsp3) is 0.167. The standard InChI is InChI=1S/C24H24N2O2/c1-17-10-9-11-18(2)23(17)26-21(27)16-25-24(28)22(19-12-5-3-6-13-19)20-14-7-4-8-15-20/h3-15,22H,16H2,1-2H3,(H,25,28)(H,26,27). The van der Waals surface area contributed by atoms with Gasteiger partial charge in [-0.3, -0.25) is 9.59 Å². The number of rotatable bonds is 6. The summed E-state index contributed by atoms with van der Waals surface area (Å²) in [5.41, 5.74) is 4.56. The van der Waals surface area contributed by atoms with Crippen LogP contribution in [-0.4, -0.2) is 18.4 Å². The van der Waals surface area contributed by atoms with Crippen LogP contribution in [0.1, 0.15) is 28.2 Å². The second-order valence-electron chi connectivity index (χ2n) is 6.79. The summed E-state index contributed by atoms with van der Waals surface area (Å²) in [6.07, 6.45) is 0. The van der Waals surface area contributed by atoms with Crippen LogP contribution < -0.4 is 10.6 Å². The van der Waals surface area contributed by atoms with Gasteiger partial charge in [-0.2, -0.15) is 0 Å². The van der Waals surface area contributed by atoms with E-state index in [4.69, 9.17) is 0 Å². The third kappa shape index (κ3) is 4.65. The highest BCUT2D eigenvalue weighted by molar-refractivity contribution is 5.97. The van der Waals surface area contributed by atoms with Gasteiger partial charge < -0.3 is 10.6 Å². The molecule has 0 fully saturated rings. The highest BCUT2D eigenvalue weighted by Crippen LogP contribution is 2.24. The lowest BCUT2D eigenvalue weighted by Crippen LogP contribution is -2.36. The Morgan fingerprint density at radius 3 is 1.75 bits per heavy atom. The average molecular weight is 372 g/mol. The van der Waals surface area contributed by atoms with Crippen molar-refractivity contribution >= 4 is 17.5 Å². The molecule has 0 heterocycles. The molecule has 0 saturated heterocycles. The molecule has 28 heavy (non-hydrogen) atoms. The molecule has 0 aromatic heterocycles. The zero-order valence-electron chi connectivity index (χ0n) is 16.1. The summed E-state index contributed by atoms with van der Waals surface area (Å²) in [5, 5.41) is 5.69. The first-order valence-electron chi connectivity index (χ1n) is 9.30. The second kappa shape index (κ2) is 9.00. The Labute approximate surface area is 165 Å². The minimum absolute atomic E-state index is 0.0806. The SMILES string of the molecule is Cc1cccc(C)c1NC(=O)CNC(=O)C(c1ccccc1)c1ccccc1. The molecule has 0 bridgehead atoms. The van der Waals surface area contributed by atoms with E-state index in [1.807, 2.05) is 92.7 Å². The quantitative estimate of drug-likeness (QED) is 0.682. The van der Waals surface area contributed by atoms with E-state index < -0.39 is 5.92 Å². The first-order valence-corrected chi connectivity index (χ1v) is 9.30. The molecule has 2 N–H and O–H groups in total. The third-order valence-electron chi connectivity index (χ3n) is 4.70. The monoisotopic (exact) mass is 372 g/mol. The summed E-state index contributed by atoms with van der Waals surface area (Å²) in [4.78, 5) is 25.3. The second-order valence-corrected chi connectivity index (χ2v) is 6.79. The van der Waals surface area contributed by atoms with Gasteiger partial charge in [0.1, 0.15) is 0 Å². The Kier molecular flexibility index (Phi) is 6.22. The Morgan fingerprint density at radius 2 is 1.25 bits per heavy atom. The summed E-state index contributed by atoms with van der Waals surface area (Å²) in [6, 6.07) is 25.0. The maximum atomic E-state index is 12.9. The van der Waals surface area contributed by atoms with Gasteiger partial charge >= 0.3 is 0 Å². The fourth-order valence-corrected chi connectivity index (χ4v) is 3.25. The van der Waals surface area contributed by atoms with Gasteiger partial charge in [0, 0.05) is 5.69 Å². The van der Waals surface area contributed by atoms with Gasteiger partial charge in [0.25, 0.3) is 0 Å². The molecule has 4 nitrogen and oxygen atoms in total. The number of para-hydroxylation sites is 1. The van der Waals surface area contributed by atoms with E-state index in [9.17, 15) is 9.59 Å². The van der Waals surface area contributed by atoms with Crippen molar-refractivity contribution in [2.75, 3.05) is 11.9 Å². The molecular weight excluding hydrogens is 348 g/mol. The molecule has 0 unspecified atom stereocenters. The number of carbonyl (C=O) groups is 2. The van der Waals surface area contributed by atoms with Crippen molar-refractivity contribution in [3.63, 3.8) is 0 Å². The van der Waals surface area contributed by atoms with Crippen molar-refractivity contribution in [3.8, 4) is 0 Å². The van der Waals surface area contributed by atoms with E-state index in [1.54, 1.807) is 0 Å². The third-order valence-corrected chi connectivity index (χ3v) is 4.70. The maximum Gasteiger partial charge on any atom is 0.243 e. The number of hydrogen-bond donors (Lipinski definition) is 2. The van der Waals surface area contributed by atoms with Gasteiger partial charge in [-0.05, 0) is 36.1 Å². The summed E-state index contributed by atoms with van der Waals surface area (Å²) in [5.74, 6) is -0.907. The zero-order chi connectivity index (χ0) is 19.9. The van der Waals surface area contributed by atoms with Crippen LogP contribution in [0.25, 0.3) is 0 Å².